The maximum Gasteiger partial charge on any atom is 0.0460 e. The first-order chi connectivity index (χ1) is 7.83. The molecule has 1 spiro atoms. The predicted octanol–water partition coefficient (Wildman–Crippen LogP) is 2.19. The van der Waals surface area contributed by atoms with Gasteiger partial charge in [-0.1, -0.05) is 0 Å². The SMILES string of the molecule is NCN1CCCC12[C@H]1C[C@H]3C[C@H](C1)C[C@H]2C3. The van der Waals surface area contributed by atoms with E-state index in [1.165, 1.54) is 45.1 Å². The first kappa shape index (κ1) is 9.90. The third-order valence-corrected chi connectivity index (χ3v) is 6.37. The van der Waals surface area contributed by atoms with Gasteiger partial charge in [0.1, 0.15) is 0 Å². The van der Waals surface area contributed by atoms with Gasteiger partial charge in [-0.3, -0.25) is 4.90 Å². The molecule has 5 fully saturated rings. The van der Waals surface area contributed by atoms with Crippen LogP contribution in [0.5, 0.6) is 0 Å². The Morgan fingerprint density at radius 2 is 1.62 bits per heavy atom. The van der Waals surface area contributed by atoms with Crippen molar-refractivity contribution < 1.29 is 0 Å². The van der Waals surface area contributed by atoms with Crippen LogP contribution >= 0.6 is 0 Å². The Kier molecular flexibility index (Phi) is 2.00. The lowest BCUT2D eigenvalue weighted by Crippen LogP contribution is -2.64. The third-order valence-electron chi connectivity index (χ3n) is 6.37. The summed E-state index contributed by atoms with van der Waals surface area (Å²) in [5, 5.41) is 0. The summed E-state index contributed by atoms with van der Waals surface area (Å²) in [5.74, 6) is 4.20. The highest BCUT2D eigenvalue weighted by molar-refractivity contribution is 5.13. The zero-order valence-electron chi connectivity index (χ0n) is 10.2. The molecule has 16 heavy (non-hydrogen) atoms. The van der Waals surface area contributed by atoms with Crippen molar-refractivity contribution >= 4 is 0 Å². The molecule has 0 radical (unpaired) electrons. The normalized spacial score (nSPS) is 55.3. The average Bonchev–Trinajstić information content (AvgIpc) is 2.69. The molecular weight excluding hydrogens is 196 g/mol. The van der Waals surface area contributed by atoms with Gasteiger partial charge in [0.05, 0.1) is 0 Å². The van der Waals surface area contributed by atoms with E-state index in [9.17, 15) is 0 Å². The molecule has 90 valence electrons. The van der Waals surface area contributed by atoms with Crippen LogP contribution in [0.4, 0.5) is 0 Å². The Balaban J connectivity index is 1.73. The van der Waals surface area contributed by atoms with E-state index in [-0.39, 0.29) is 0 Å². The maximum absolute atomic E-state index is 6.01. The Hall–Kier alpha value is -0.0800. The molecule has 2 nitrogen and oxygen atoms in total. The fourth-order valence-corrected chi connectivity index (χ4v) is 6.11. The van der Waals surface area contributed by atoms with Gasteiger partial charge in [-0.05, 0) is 68.6 Å². The number of nitrogens with zero attached hydrogens (tertiary/aromatic N) is 1. The second-order valence-corrected chi connectivity index (χ2v) is 6.85. The highest BCUT2D eigenvalue weighted by Crippen LogP contribution is 2.62. The minimum atomic E-state index is 0.572. The van der Waals surface area contributed by atoms with Crippen LogP contribution in [0.3, 0.4) is 0 Å². The summed E-state index contributed by atoms with van der Waals surface area (Å²) in [4.78, 5) is 2.67. The lowest BCUT2D eigenvalue weighted by molar-refractivity contribution is -0.118. The largest absolute Gasteiger partial charge is 0.318 e. The Bertz CT molecular complexity index is 271. The minimum absolute atomic E-state index is 0.572. The summed E-state index contributed by atoms with van der Waals surface area (Å²) in [6.45, 7) is 2.08. The number of nitrogens with two attached hydrogens (primary N) is 1. The van der Waals surface area contributed by atoms with Crippen LogP contribution in [0.1, 0.15) is 44.9 Å². The van der Waals surface area contributed by atoms with Crippen molar-refractivity contribution in [2.75, 3.05) is 13.2 Å². The second-order valence-electron chi connectivity index (χ2n) is 6.85. The summed E-state index contributed by atoms with van der Waals surface area (Å²) >= 11 is 0. The summed E-state index contributed by atoms with van der Waals surface area (Å²) in [7, 11) is 0. The summed E-state index contributed by atoms with van der Waals surface area (Å²) < 4.78 is 0. The molecule has 5 rings (SSSR count). The van der Waals surface area contributed by atoms with Crippen molar-refractivity contribution in [3.63, 3.8) is 0 Å². The Morgan fingerprint density at radius 3 is 2.19 bits per heavy atom. The molecule has 1 aliphatic heterocycles. The van der Waals surface area contributed by atoms with Crippen LogP contribution in [0, 0.1) is 23.7 Å². The van der Waals surface area contributed by atoms with Crippen LogP contribution < -0.4 is 5.73 Å². The van der Waals surface area contributed by atoms with Gasteiger partial charge in [-0.2, -0.15) is 0 Å². The van der Waals surface area contributed by atoms with Crippen molar-refractivity contribution in [2.45, 2.75) is 50.5 Å². The van der Waals surface area contributed by atoms with Gasteiger partial charge in [0.25, 0.3) is 0 Å². The monoisotopic (exact) mass is 220 g/mol. The summed E-state index contributed by atoms with van der Waals surface area (Å²) in [6.07, 6.45) is 10.5. The van der Waals surface area contributed by atoms with E-state index in [2.05, 4.69) is 4.90 Å². The van der Waals surface area contributed by atoms with E-state index < -0.39 is 0 Å². The average molecular weight is 220 g/mol. The van der Waals surface area contributed by atoms with Crippen LogP contribution in [0.15, 0.2) is 0 Å². The van der Waals surface area contributed by atoms with Crippen LogP contribution in [-0.2, 0) is 0 Å². The molecule has 0 aromatic heterocycles. The first-order valence-corrected chi connectivity index (χ1v) is 7.28. The molecule has 4 bridgehead atoms. The molecule has 0 aromatic carbocycles. The van der Waals surface area contributed by atoms with Crippen LogP contribution in [0.2, 0.25) is 0 Å². The molecule has 4 aliphatic carbocycles. The van der Waals surface area contributed by atoms with Crippen molar-refractivity contribution in [1.82, 2.24) is 4.90 Å². The van der Waals surface area contributed by atoms with E-state index in [1.54, 1.807) is 6.42 Å². The smallest absolute Gasteiger partial charge is 0.0460 e. The molecule has 2 heteroatoms. The topological polar surface area (TPSA) is 29.3 Å². The number of hydrogen-bond acceptors (Lipinski definition) is 2. The van der Waals surface area contributed by atoms with Gasteiger partial charge >= 0.3 is 0 Å². The highest BCUT2D eigenvalue weighted by atomic mass is 15.3. The molecule has 1 heterocycles. The Labute approximate surface area is 98.6 Å². The molecule has 2 N–H and O–H groups in total. The predicted molar refractivity (Wildman–Crippen MR) is 64.8 cm³/mol. The van der Waals surface area contributed by atoms with E-state index >= 15 is 0 Å². The lowest BCUT2D eigenvalue weighted by atomic mass is 9.48. The zero-order chi connectivity index (χ0) is 10.8. The fourth-order valence-electron chi connectivity index (χ4n) is 6.11. The molecule has 0 atom stereocenters. The van der Waals surface area contributed by atoms with Gasteiger partial charge < -0.3 is 5.73 Å². The lowest BCUT2D eigenvalue weighted by Gasteiger charge is -2.63. The molecule has 0 unspecified atom stereocenters. The molecular formula is C14H24N2. The number of hydrogen-bond donors (Lipinski definition) is 1. The van der Waals surface area contributed by atoms with Crippen LogP contribution in [-0.4, -0.2) is 23.7 Å². The number of likely N-dealkylation sites (tertiary alicyclic amines) is 1. The van der Waals surface area contributed by atoms with E-state index in [4.69, 9.17) is 5.73 Å². The highest BCUT2D eigenvalue weighted by Gasteiger charge is 2.60. The first-order valence-electron chi connectivity index (χ1n) is 7.28. The fraction of sp³-hybridized carbons (Fsp3) is 1.00. The van der Waals surface area contributed by atoms with Crippen molar-refractivity contribution in [1.29, 1.82) is 0 Å². The second kappa shape index (κ2) is 3.23. The molecule has 1 saturated heterocycles. The minimum Gasteiger partial charge on any atom is -0.318 e. The zero-order valence-corrected chi connectivity index (χ0v) is 10.2. The molecule has 5 aliphatic rings. The van der Waals surface area contributed by atoms with Crippen LogP contribution in [0.25, 0.3) is 0 Å². The van der Waals surface area contributed by atoms with Gasteiger partial charge in [0.15, 0.2) is 0 Å². The third kappa shape index (κ3) is 1.06. The molecule has 0 aromatic rings. The van der Waals surface area contributed by atoms with Crippen molar-refractivity contribution in [3.05, 3.63) is 0 Å². The van der Waals surface area contributed by atoms with E-state index in [1.807, 2.05) is 0 Å². The maximum atomic E-state index is 6.01. The summed E-state index contributed by atoms with van der Waals surface area (Å²) in [5.41, 5.74) is 6.59. The Morgan fingerprint density at radius 1 is 1.00 bits per heavy atom. The standard InChI is InChI=1S/C14H24N2/c15-9-16-3-1-2-14(16)12-5-10-4-11(7-12)8-13(14)6-10/h10-13H,1-9,15H2/t10-,11-,12-,13+,14?. The van der Waals surface area contributed by atoms with Gasteiger partial charge in [-0.25, -0.2) is 0 Å². The van der Waals surface area contributed by atoms with Crippen molar-refractivity contribution in [2.24, 2.45) is 29.4 Å². The summed E-state index contributed by atoms with van der Waals surface area (Å²) in [6, 6.07) is 0. The van der Waals surface area contributed by atoms with E-state index in [0.29, 0.717) is 5.54 Å². The van der Waals surface area contributed by atoms with Gasteiger partial charge in [0.2, 0.25) is 0 Å². The van der Waals surface area contributed by atoms with E-state index in [0.717, 1.165) is 30.3 Å². The van der Waals surface area contributed by atoms with Gasteiger partial charge in [-0.15, -0.1) is 0 Å². The molecule has 4 saturated carbocycles. The molecule has 0 amide bonds. The van der Waals surface area contributed by atoms with Gasteiger partial charge in [0, 0.05) is 18.8 Å². The number of rotatable bonds is 1. The quantitative estimate of drug-likeness (QED) is 0.734. The van der Waals surface area contributed by atoms with Crippen molar-refractivity contribution in [3.8, 4) is 0 Å².